The highest BCUT2D eigenvalue weighted by Crippen LogP contribution is 2.32. The van der Waals surface area contributed by atoms with Gasteiger partial charge >= 0.3 is 6.09 Å². The molecule has 2 heterocycles. The van der Waals surface area contributed by atoms with E-state index in [1.54, 1.807) is 24.3 Å². The average molecular weight is 629 g/mol. The highest BCUT2D eigenvalue weighted by Gasteiger charge is 2.33. The average Bonchev–Trinajstić information content (AvgIpc) is 3.10. The molecule has 2 aliphatic rings. The van der Waals surface area contributed by atoms with Crippen molar-refractivity contribution in [1.29, 1.82) is 0 Å². The van der Waals surface area contributed by atoms with Crippen LogP contribution in [-0.4, -0.2) is 78.8 Å². The number of hydrogen-bond acceptors (Lipinski definition) is 7. The summed E-state index contributed by atoms with van der Waals surface area (Å²) in [6.07, 6.45) is 2.45. The maximum Gasteiger partial charge on any atom is 0.408 e. The molecular formula is C35H40N4O7. The molecule has 0 spiro atoms. The minimum absolute atomic E-state index is 0.0472. The number of para-hydroxylation sites is 1. The van der Waals surface area contributed by atoms with Crippen LogP contribution in [0.3, 0.4) is 0 Å². The molecule has 1 atom stereocenters. The number of anilines is 1. The van der Waals surface area contributed by atoms with E-state index in [9.17, 15) is 24.3 Å². The molecule has 4 amide bonds. The van der Waals surface area contributed by atoms with Crippen LogP contribution in [0.4, 0.5) is 10.5 Å². The summed E-state index contributed by atoms with van der Waals surface area (Å²) < 4.78 is 10.9. The van der Waals surface area contributed by atoms with Crippen molar-refractivity contribution in [3.63, 3.8) is 0 Å². The SMILES string of the molecule is O=C(N[C@@H](CO)C(=O)NCCCOc1ccc(C(=O)N2CCC(N3C(=O)CCc4ccccc43)CC2)cc1)OCc1ccccc1. The van der Waals surface area contributed by atoms with E-state index < -0.39 is 24.6 Å². The summed E-state index contributed by atoms with van der Waals surface area (Å²) in [6.45, 7) is 1.24. The van der Waals surface area contributed by atoms with Crippen molar-refractivity contribution >= 4 is 29.5 Å². The molecular weight excluding hydrogens is 588 g/mol. The lowest BCUT2D eigenvalue weighted by molar-refractivity contribution is -0.124. The third-order valence-electron chi connectivity index (χ3n) is 8.24. The van der Waals surface area contributed by atoms with Crippen molar-refractivity contribution < 1.29 is 33.8 Å². The molecule has 5 rings (SSSR count). The van der Waals surface area contributed by atoms with Crippen molar-refractivity contribution in [3.8, 4) is 5.75 Å². The number of carbonyl (C=O) groups excluding carboxylic acids is 4. The zero-order chi connectivity index (χ0) is 32.3. The number of benzene rings is 3. The summed E-state index contributed by atoms with van der Waals surface area (Å²) in [4.78, 5) is 54.2. The Kier molecular flexibility index (Phi) is 11.2. The molecule has 11 nitrogen and oxygen atoms in total. The van der Waals surface area contributed by atoms with Crippen LogP contribution in [0.25, 0.3) is 0 Å². The molecule has 46 heavy (non-hydrogen) atoms. The van der Waals surface area contributed by atoms with Gasteiger partial charge < -0.3 is 35.0 Å². The van der Waals surface area contributed by atoms with Crippen LogP contribution >= 0.6 is 0 Å². The van der Waals surface area contributed by atoms with Crippen molar-refractivity contribution in [3.05, 3.63) is 95.6 Å². The Morgan fingerprint density at radius 3 is 2.37 bits per heavy atom. The largest absolute Gasteiger partial charge is 0.494 e. The highest BCUT2D eigenvalue weighted by molar-refractivity contribution is 5.97. The Bertz CT molecular complexity index is 1490. The highest BCUT2D eigenvalue weighted by atomic mass is 16.5. The number of aryl methyl sites for hydroxylation is 1. The summed E-state index contributed by atoms with van der Waals surface area (Å²) in [5.74, 6) is 0.178. The number of rotatable bonds is 12. The quantitative estimate of drug-likeness (QED) is 0.261. The number of piperidine rings is 1. The predicted octanol–water partition coefficient (Wildman–Crippen LogP) is 3.44. The van der Waals surface area contributed by atoms with Gasteiger partial charge in [0, 0.05) is 43.3 Å². The van der Waals surface area contributed by atoms with Gasteiger partial charge in [-0.05, 0) is 67.1 Å². The van der Waals surface area contributed by atoms with E-state index in [1.807, 2.05) is 58.3 Å². The second kappa shape index (κ2) is 15.9. The van der Waals surface area contributed by atoms with Gasteiger partial charge in [-0.1, -0.05) is 48.5 Å². The first-order valence-corrected chi connectivity index (χ1v) is 15.7. The number of nitrogens with zero attached hydrogens (tertiary/aromatic N) is 2. The first-order valence-electron chi connectivity index (χ1n) is 15.7. The Labute approximate surface area is 268 Å². The molecule has 11 heteroatoms. The fourth-order valence-electron chi connectivity index (χ4n) is 5.76. The maximum absolute atomic E-state index is 13.2. The molecule has 0 saturated carbocycles. The maximum atomic E-state index is 13.2. The summed E-state index contributed by atoms with van der Waals surface area (Å²) in [5, 5.41) is 14.6. The van der Waals surface area contributed by atoms with Crippen molar-refractivity contribution in [1.82, 2.24) is 15.5 Å². The van der Waals surface area contributed by atoms with Gasteiger partial charge in [0.2, 0.25) is 11.8 Å². The Morgan fingerprint density at radius 2 is 1.63 bits per heavy atom. The molecule has 0 radical (unpaired) electrons. The lowest BCUT2D eigenvalue weighted by Gasteiger charge is -2.41. The van der Waals surface area contributed by atoms with Gasteiger partial charge in [0.25, 0.3) is 5.91 Å². The van der Waals surface area contributed by atoms with E-state index >= 15 is 0 Å². The number of likely N-dealkylation sites (tertiary alicyclic amines) is 1. The molecule has 2 aliphatic heterocycles. The fourth-order valence-corrected chi connectivity index (χ4v) is 5.76. The van der Waals surface area contributed by atoms with Gasteiger partial charge in [0.1, 0.15) is 18.4 Å². The monoisotopic (exact) mass is 628 g/mol. The van der Waals surface area contributed by atoms with Gasteiger partial charge in [-0.25, -0.2) is 4.79 Å². The molecule has 1 saturated heterocycles. The van der Waals surface area contributed by atoms with Gasteiger partial charge in [-0.15, -0.1) is 0 Å². The molecule has 3 aromatic carbocycles. The number of alkyl carbamates (subject to hydrolysis) is 1. The number of carbonyl (C=O) groups is 4. The Morgan fingerprint density at radius 1 is 0.913 bits per heavy atom. The number of fused-ring (bicyclic) bond motifs is 1. The van der Waals surface area contributed by atoms with Crippen LogP contribution in [0.2, 0.25) is 0 Å². The smallest absolute Gasteiger partial charge is 0.408 e. The zero-order valence-electron chi connectivity index (χ0n) is 25.7. The molecule has 3 aromatic rings. The second-order valence-electron chi connectivity index (χ2n) is 11.4. The van der Waals surface area contributed by atoms with Gasteiger partial charge in [-0.3, -0.25) is 14.4 Å². The molecule has 0 unspecified atom stereocenters. The second-order valence-corrected chi connectivity index (χ2v) is 11.4. The first kappa shape index (κ1) is 32.5. The van der Waals surface area contributed by atoms with Gasteiger partial charge in [-0.2, -0.15) is 0 Å². The van der Waals surface area contributed by atoms with E-state index in [2.05, 4.69) is 16.7 Å². The predicted molar refractivity (Wildman–Crippen MR) is 171 cm³/mol. The van der Waals surface area contributed by atoms with Crippen LogP contribution in [0, 0.1) is 0 Å². The normalized spacial score (nSPS) is 15.5. The number of aliphatic hydroxyl groups is 1. The Balaban J connectivity index is 0.994. The lowest BCUT2D eigenvalue weighted by Crippen LogP contribution is -2.50. The molecule has 242 valence electrons. The number of aliphatic hydroxyl groups excluding tert-OH is 1. The van der Waals surface area contributed by atoms with E-state index in [1.165, 1.54) is 5.56 Å². The van der Waals surface area contributed by atoms with Crippen molar-refractivity contribution in [2.75, 3.05) is 37.7 Å². The van der Waals surface area contributed by atoms with Crippen LogP contribution in [-0.2, 0) is 27.4 Å². The zero-order valence-corrected chi connectivity index (χ0v) is 25.7. The third-order valence-corrected chi connectivity index (χ3v) is 8.24. The first-order chi connectivity index (χ1) is 22.4. The van der Waals surface area contributed by atoms with Crippen molar-refractivity contribution in [2.45, 2.75) is 50.8 Å². The summed E-state index contributed by atoms with van der Waals surface area (Å²) in [6, 6.07) is 23.1. The van der Waals surface area contributed by atoms with Crippen LogP contribution in [0.1, 0.15) is 47.2 Å². The number of ether oxygens (including phenoxy) is 2. The van der Waals surface area contributed by atoms with Crippen LogP contribution < -0.4 is 20.3 Å². The van der Waals surface area contributed by atoms with E-state index in [0.717, 1.165) is 30.5 Å². The minimum atomic E-state index is -1.14. The number of hydrogen-bond donors (Lipinski definition) is 3. The van der Waals surface area contributed by atoms with Crippen LogP contribution in [0.5, 0.6) is 5.75 Å². The minimum Gasteiger partial charge on any atom is -0.494 e. The lowest BCUT2D eigenvalue weighted by atomic mass is 9.95. The van der Waals surface area contributed by atoms with Gasteiger partial charge in [0.05, 0.1) is 13.2 Å². The molecule has 1 fully saturated rings. The summed E-state index contributed by atoms with van der Waals surface area (Å²) >= 11 is 0. The van der Waals surface area contributed by atoms with Crippen LogP contribution in [0.15, 0.2) is 78.9 Å². The van der Waals surface area contributed by atoms with E-state index in [4.69, 9.17) is 9.47 Å². The summed E-state index contributed by atoms with van der Waals surface area (Å²) in [5.41, 5.74) is 3.58. The molecule has 0 bridgehead atoms. The fraction of sp³-hybridized carbons (Fsp3) is 0.371. The number of nitrogens with one attached hydrogen (secondary N) is 2. The number of amides is 4. The van der Waals surface area contributed by atoms with Crippen molar-refractivity contribution in [2.24, 2.45) is 0 Å². The standard InChI is InChI=1S/C35H40N4O7/c40-23-30(37-35(44)46-24-25-7-2-1-3-8-25)33(42)36-19-6-22-45-29-14-11-27(12-15-29)34(43)38-20-17-28(18-21-38)39-31-10-5-4-9-26(31)13-16-32(39)41/h1-5,7-12,14-15,28,30,40H,6,13,16-24H2,(H,36,42)(H,37,44)/t30-/m0/s1. The van der Waals surface area contributed by atoms with E-state index in [0.29, 0.717) is 43.9 Å². The molecule has 0 aliphatic carbocycles. The summed E-state index contributed by atoms with van der Waals surface area (Å²) in [7, 11) is 0. The van der Waals surface area contributed by atoms with E-state index in [-0.39, 0.29) is 31.0 Å². The molecule has 0 aromatic heterocycles. The molecule has 3 N–H and O–H groups in total. The topological polar surface area (TPSA) is 138 Å². The third kappa shape index (κ3) is 8.42. The van der Waals surface area contributed by atoms with Gasteiger partial charge in [0.15, 0.2) is 0 Å². The Hall–Kier alpha value is -4.90.